The molecule has 1 aromatic carbocycles. The molecule has 0 saturated heterocycles. The van der Waals surface area contributed by atoms with Crippen LogP contribution < -0.4 is 5.32 Å². The third-order valence-corrected chi connectivity index (χ3v) is 4.54. The maximum Gasteiger partial charge on any atom is 0.0329 e. The van der Waals surface area contributed by atoms with Crippen molar-refractivity contribution in [2.75, 3.05) is 18.6 Å². The molecule has 3 heteroatoms. The van der Waals surface area contributed by atoms with E-state index in [1.165, 1.54) is 27.8 Å². The molecule has 2 atom stereocenters. The van der Waals surface area contributed by atoms with Crippen molar-refractivity contribution in [1.82, 2.24) is 5.32 Å². The summed E-state index contributed by atoms with van der Waals surface area (Å²) in [5.74, 6) is 1.85. The molecule has 1 aliphatic rings. The lowest BCUT2D eigenvalue weighted by Crippen LogP contribution is -2.21. The zero-order valence-electron chi connectivity index (χ0n) is 9.79. The van der Waals surface area contributed by atoms with Gasteiger partial charge < -0.3 is 5.32 Å². The number of halogens is 1. The Morgan fingerprint density at radius 3 is 3.06 bits per heavy atom. The fourth-order valence-corrected chi connectivity index (χ4v) is 3.60. The molecule has 0 bridgehead atoms. The highest BCUT2D eigenvalue weighted by molar-refractivity contribution is 9.10. The number of rotatable bonds is 4. The van der Waals surface area contributed by atoms with Gasteiger partial charge in [0, 0.05) is 22.8 Å². The number of thioether (sulfide) groups is 1. The maximum absolute atomic E-state index is 3.67. The standard InChI is InChI=1S/C13H18BrNS/c1-9-8-12(15-6-7-16-2)10-4-3-5-11(14)13(9)10/h3-5,9,12,15H,6-8H2,1-2H3. The van der Waals surface area contributed by atoms with E-state index in [0.29, 0.717) is 12.0 Å². The Balaban J connectivity index is 2.13. The Hall–Kier alpha value is 0.0100. The molecule has 0 heterocycles. The first kappa shape index (κ1) is 12.5. The molecule has 0 fully saturated rings. The lowest BCUT2D eigenvalue weighted by Gasteiger charge is -2.13. The van der Waals surface area contributed by atoms with Gasteiger partial charge in [-0.15, -0.1) is 0 Å². The Morgan fingerprint density at radius 1 is 1.50 bits per heavy atom. The number of benzene rings is 1. The minimum absolute atomic E-state index is 0.551. The SMILES string of the molecule is CSCCNC1CC(C)c2c(Br)cccc21. The summed E-state index contributed by atoms with van der Waals surface area (Å²) in [5.41, 5.74) is 2.99. The van der Waals surface area contributed by atoms with E-state index in [0.717, 1.165) is 6.54 Å². The van der Waals surface area contributed by atoms with Crippen LogP contribution in [0.2, 0.25) is 0 Å². The highest BCUT2D eigenvalue weighted by atomic mass is 79.9. The zero-order chi connectivity index (χ0) is 11.5. The topological polar surface area (TPSA) is 12.0 Å². The van der Waals surface area contributed by atoms with E-state index < -0.39 is 0 Å². The minimum Gasteiger partial charge on any atom is -0.309 e. The van der Waals surface area contributed by atoms with E-state index in [4.69, 9.17) is 0 Å². The lowest BCUT2D eigenvalue weighted by atomic mass is 10.0. The van der Waals surface area contributed by atoms with E-state index in [2.05, 4.69) is 52.6 Å². The first-order valence-corrected chi connectivity index (χ1v) is 7.93. The second-order valence-corrected chi connectivity index (χ2v) is 6.22. The predicted octanol–water partition coefficient (Wildman–Crippen LogP) is 3.95. The number of hydrogen-bond acceptors (Lipinski definition) is 2. The summed E-state index contributed by atoms with van der Waals surface area (Å²) in [4.78, 5) is 0. The summed E-state index contributed by atoms with van der Waals surface area (Å²) in [7, 11) is 0. The average Bonchev–Trinajstić information content (AvgIpc) is 2.58. The fraction of sp³-hybridized carbons (Fsp3) is 0.538. The predicted molar refractivity (Wildman–Crippen MR) is 76.3 cm³/mol. The van der Waals surface area contributed by atoms with Crippen LogP contribution in [-0.2, 0) is 0 Å². The number of nitrogens with one attached hydrogen (secondary N) is 1. The van der Waals surface area contributed by atoms with Crippen molar-refractivity contribution in [2.45, 2.75) is 25.3 Å². The van der Waals surface area contributed by atoms with Crippen LogP contribution in [0.25, 0.3) is 0 Å². The molecule has 1 aliphatic carbocycles. The van der Waals surface area contributed by atoms with Crippen LogP contribution in [-0.4, -0.2) is 18.6 Å². The van der Waals surface area contributed by atoms with Gasteiger partial charge >= 0.3 is 0 Å². The third-order valence-electron chi connectivity index (χ3n) is 3.24. The normalized spacial score (nSPS) is 23.4. The van der Waals surface area contributed by atoms with Crippen LogP contribution in [0.15, 0.2) is 22.7 Å². The molecule has 0 saturated carbocycles. The molecule has 88 valence electrons. The van der Waals surface area contributed by atoms with Gasteiger partial charge in [0.05, 0.1) is 0 Å². The van der Waals surface area contributed by atoms with Crippen molar-refractivity contribution in [3.8, 4) is 0 Å². The smallest absolute Gasteiger partial charge is 0.0329 e. The van der Waals surface area contributed by atoms with E-state index in [9.17, 15) is 0 Å². The summed E-state index contributed by atoms with van der Waals surface area (Å²) in [5, 5.41) is 3.65. The third kappa shape index (κ3) is 2.47. The van der Waals surface area contributed by atoms with Gasteiger partial charge in [-0.05, 0) is 35.8 Å². The molecule has 16 heavy (non-hydrogen) atoms. The summed E-state index contributed by atoms with van der Waals surface area (Å²) in [6.07, 6.45) is 3.38. The molecule has 1 aromatic rings. The van der Waals surface area contributed by atoms with E-state index >= 15 is 0 Å². The molecule has 2 rings (SSSR count). The Morgan fingerprint density at radius 2 is 2.31 bits per heavy atom. The fourth-order valence-electron chi connectivity index (χ4n) is 2.50. The number of fused-ring (bicyclic) bond motifs is 1. The van der Waals surface area contributed by atoms with Gasteiger partial charge in [0.25, 0.3) is 0 Å². The van der Waals surface area contributed by atoms with Gasteiger partial charge in [-0.2, -0.15) is 11.8 Å². The minimum atomic E-state index is 0.551. The Kier molecular flexibility index (Phi) is 4.34. The summed E-state index contributed by atoms with van der Waals surface area (Å²) < 4.78 is 1.27. The van der Waals surface area contributed by atoms with Crippen molar-refractivity contribution in [3.63, 3.8) is 0 Å². The van der Waals surface area contributed by atoms with Gasteiger partial charge in [0.1, 0.15) is 0 Å². The summed E-state index contributed by atoms with van der Waals surface area (Å²) in [6.45, 7) is 3.42. The van der Waals surface area contributed by atoms with E-state index in [1.54, 1.807) is 0 Å². The molecule has 1 nitrogen and oxygen atoms in total. The van der Waals surface area contributed by atoms with Crippen molar-refractivity contribution in [1.29, 1.82) is 0 Å². The lowest BCUT2D eigenvalue weighted by molar-refractivity contribution is 0.523. The highest BCUT2D eigenvalue weighted by Gasteiger charge is 2.28. The van der Waals surface area contributed by atoms with Crippen LogP contribution in [0.5, 0.6) is 0 Å². The molecule has 0 radical (unpaired) electrons. The van der Waals surface area contributed by atoms with Gasteiger partial charge in [0.2, 0.25) is 0 Å². The highest BCUT2D eigenvalue weighted by Crippen LogP contribution is 2.43. The van der Waals surface area contributed by atoms with E-state index in [1.807, 2.05) is 11.8 Å². The molecule has 0 aromatic heterocycles. The quantitative estimate of drug-likeness (QED) is 0.845. The zero-order valence-corrected chi connectivity index (χ0v) is 12.2. The molecule has 2 unspecified atom stereocenters. The van der Waals surface area contributed by atoms with Gasteiger partial charge in [-0.1, -0.05) is 35.0 Å². The number of hydrogen-bond donors (Lipinski definition) is 1. The maximum atomic E-state index is 3.67. The van der Waals surface area contributed by atoms with Crippen molar-refractivity contribution in [2.24, 2.45) is 0 Å². The first-order valence-electron chi connectivity index (χ1n) is 5.74. The molecule has 0 spiro atoms. The molecule has 1 N–H and O–H groups in total. The van der Waals surface area contributed by atoms with Crippen LogP contribution in [0, 0.1) is 0 Å². The molecule has 0 amide bonds. The molecular weight excluding hydrogens is 282 g/mol. The summed E-state index contributed by atoms with van der Waals surface area (Å²) in [6, 6.07) is 7.11. The average molecular weight is 300 g/mol. The van der Waals surface area contributed by atoms with Gasteiger partial charge in [-0.25, -0.2) is 0 Å². The van der Waals surface area contributed by atoms with Gasteiger partial charge in [-0.3, -0.25) is 0 Å². The Bertz CT molecular complexity index is 367. The Labute approximate surface area is 111 Å². The first-order chi connectivity index (χ1) is 7.74. The van der Waals surface area contributed by atoms with E-state index in [-0.39, 0.29) is 0 Å². The molecule has 0 aliphatic heterocycles. The second-order valence-electron chi connectivity index (χ2n) is 4.38. The molecular formula is C13H18BrNS. The monoisotopic (exact) mass is 299 g/mol. The van der Waals surface area contributed by atoms with Crippen molar-refractivity contribution < 1.29 is 0 Å². The largest absolute Gasteiger partial charge is 0.309 e. The van der Waals surface area contributed by atoms with Crippen LogP contribution in [0.1, 0.15) is 36.4 Å². The second kappa shape index (κ2) is 5.56. The summed E-state index contributed by atoms with van der Waals surface area (Å²) >= 11 is 5.56. The van der Waals surface area contributed by atoms with Crippen molar-refractivity contribution >= 4 is 27.7 Å². The van der Waals surface area contributed by atoms with Crippen LogP contribution in [0.4, 0.5) is 0 Å². The van der Waals surface area contributed by atoms with Crippen LogP contribution >= 0.6 is 27.7 Å². The van der Waals surface area contributed by atoms with Crippen LogP contribution in [0.3, 0.4) is 0 Å². The van der Waals surface area contributed by atoms with Crippen molar-refractivity contribution in [3.05, 3.63) is 33.8 Å². The van der Waals surface area contributed by atoms with Gasteiger partial charge in [0.15, 0.2) is 0 Å².